The van der Waals surface area contributed by atoms with Crippen LogP contribution in [0.2, 0.25) is 0 Å². The molecule has 2 N–H and O–H groups in total. The molecule has 9 heteroatoms. The van der Waals surface area contributed by atoms with Gasteiger partial charge in [0.25, 0.3) is 0 Å². The van der Waals surface area contributed by atoms with Crippen molar-refractivity contribution >= 4 is 33.7 Å². The molecule has 1 saturated heterocycles. The van der Waals surface area contributed by atoms with Gasteiger partial charge in [0.15, 0.2) is 0 Å². The van der Waals surface area contributed by atoms with Crippen LogP contribution in [0.3, 0.4) is 0 Å². The van der Waals surface area contributed by atoms with Gasteiger partial charge in [-0.15, -0.1) is 0 Å². The van der Waals surface area contributed by atoms with Crippen molar-refractivity contribution in [3.63, 3.8) is 0 Å². The highest BCUT2D eigenvalue weighted by Gasteiger charge is 2.44. The molecule has 19 heavy (non-hydrogen) atoms. The van der Waals surface area contributed by atoms with E-state index in [0.717, 1.165) is 0 Å². The highest BCUT2D eigenvalue weighted by molar-refractivity contribution is 7.99. The van der Waals surface area contributed by atoms with Crippen LogP contribution in [-0.4, -0.2) is 54.9 Å². The van der Waals surface area contributed by atoms with Gasteiger partial charge in [-0.1, -0.05) is 0 Å². The number of carbonyl (C=O) groups excluding carboxylic acids is 1. The maximum absolute atomic E-state index is 11.8. The van der Waals surface area contributed by atoms with Crippen LogP contribution in [0.5, 0.6) is 0 Å². The van der Waals surface area contributed by atoms with Crippen LogP contribution in [0.15, 0.2) is 0 Å². The predicted octanol–water partition coefficient (Wildman–Crippen LogP) is -0.181. The molecule has 0 radical (unpaired) electrons. The lowest BCUT2D eigenvalue weighted by Gasteiger charge is -2.24. The monoisotopic (exact) mass is 311 g/mol. The van der Waals surface area contributed by atoms with Crippen LogP contribution in [0.4, 0.5) is 0 Å². The molecule has 0 aromatic heterocycles. The summed E-state index contributed by atoms with van der Waals surface area (Å²) in [7, 11) is -3.83. The van der Waals surface area contributed by atoms with E-state index in [9.17, 15) is 18.0 Å². The molecule has 0 aromatic rings. The Morgan fingerprint density at radius 2 is 2.16 bits per heavy atom. The summed E-state index contributed by atoms with van der Waals surface area (Å²) < 4.78 is 30.5. The van der Waals surface area contributed by atoms with E-state index in [-0.39, 0.29) is 25.2 Å². The summed E-state index contributed by atoms with van der Waals surface area (Å²) in [4.78, 5) is 22.3. The van der Waals surface area contributed by atoms with Crippen LogP contribution in [-0.2, 0) is 24.3 Å². The van der Waals surface area contributed by atoms with E-state index in [1.54, 1.807) is 6.92 Å². The fourth-order valence-corrected chi connectivity index (χ4v) is 4.47. The molecule has 0 amide bonds. The Morgan fingerprint density at radius 1 is 1.47 bits per heavy atom. The van der Waals surface area contributed by atoms with Crippen molar-refractivity contribution in [2.45, 2.75) is 25.3 Å². The molecule has 1 atom stereocenters. The number of carboxylic acids is 1. The topological polar surface area (TPSA) is 110 Å². The van der Waals surface area contributed by atoms with Crippen LogP contribution in [0.1, 0.15) is 19.8 Å². The molecule has 0 aliphatic carbocycles. The zero-order valence-corrected chi connectivity index (χ0v) is 12.2. The highest BCUT2D eigenvalue weighted by Crippen LogP contribution is 2.29. The summed E-state index contributed by atoms with van der Waals surface area (Å²) in [5.74, 6) is -1.48. The average Bonchev–Trinajstić information content (AvgIpc) is 2.76. The Kier molecular flexibility index (Phi) is 5.63. The van der Waals surface area contributed by atoms with Crippen molar-refractivity contribution in [3.8, 4) is 0 Å². The molecule has 7 nitrogen and oxygen atoms in total. The van der Waals surface area contributed by atoms with Gasteiger partial charge in [0.05, 0.1) is 18.8 Å². The van der Waals surface area contributed by atoms with E-state index in [0.29, 0.717) is 5.75 Å². The molecule has 0 bridgehead atoms. The number of carbonyl (C=O) groups is 2. The van der Waals surface area contributed by atoms with Crippen LogP contribution < -0.4 is 4.72 Å². The van der Waals surface area contributed by atoms with Crippen molar-refractivity contribution in [2.75, 3.05) is 23.9 Å². The summed E-state index contributed by atoms with van der Waals surface area (Å²) in [5, 5.41) is 9.16. The minimum atomic E-state index is -3.83. The van der Waals surface area contributed by atoms with Crippen LogP contribution in [0, 0.1) is 0 Å². The third-order valence-electron chi connectivity index (χ3n) is 2.66. The first-order chi connectivity index (χ1) is 8.81. The van der Waals surface area contributed by atoms with Crippen molar-refractivity contribution in [1.82, 2.24) is 4.72 Å². The third kappa shape index (κ3) is 4.66. The maximum atomic E-state index is 11.8. The summed E-state index contributed by atoms with van der Waals surface area (Å²) in [6.45, 7) is 1.81. The van der Waals surface area contributed by atoms with Crippen molar-refractivity contribution in [3.05, 3.63) is 0 Å². The number of nitrogens with one attached hydrogen (secondary N) is 1. The van der Waals surface area contributed by atoms with E-state index in [2.05, 4.69) is 9.46 Å². The Morgan fingerprint density at radius 3 is 2.63 bits per heavy atom. The number of sulfonamides is 1. The minimum Gasteiger partial charge on any atom is -0.480 e. The third-order valence-corrected chi connectivity index (χ3v) is 5.30. The van der Waals surface area contributed by atoms with E-state index in [4.69, 9.17) is 5.11 Å². The zero-order valence-electron chi connectivity index (χ0n) is 10.5. The number of aliphatic carboxylic acids is 1. The van der Waals surface area contributed by atoms with E-state index in [1.165, 1.54) is 11.8 Å². The fraction of sp³-hybridized carbons (Fsp3) is 0.800. The predicted molar refractivity (Wildman–Crippen MR) is 70.5 cm³/mol. The lowest BCUT2D eigenvalue weighted by Crippen LogP contribution is -2.55. The maximum Gasteiger partial charge on any atom is 0.325 e. The Bertz CT molecular complexity index is 441. The molecule has 0 spiro atoms. The standard InChI is InChI=1S/C10H17NO6S2/c1-2-17-8(12)3-6-19(15,16)11-10(9(13)14)4-5-18-7-10/h11H,2-7H2,1H3,(H,13,14). The smallest absolute Gasteiger partial charge is 0.325 e. The Hall–Kier alpha value is -0.800. The van der Waals surface area contributed by atoms with Gasteiger partial charge < -0.3 is 9.84 Å². The zero-order chi connectivity index (χ0) is 14.5. The van der Waals surface area contributed by atoms with Gasteiger partial charge >= 0.3 is 11.9 Å². The molecule has 1 aliphatic rings. The second-order valence-corrected chi connectivity index (χ2v) is 7.11. The van der Waals surface area contributed by atoms with Gasteiger partial charge in [-0.3, -0.25) is 9.59 Å². The summed E-state index contributed by atoms with van der Waals surface area (Å²) >= 11 is 1.38. The highest BCUT2D eigenvalue weighted by atomic mass is 32.2. The molecule has 0 saturated carbocycles. The summed E-state index contributed by atoms with van der Waals surface area (Å²) in [5.41, 5.74) is -1.45. The number of hydrogen-bond donors (Lipinski definition) is 2. The molecule has 0 aromatic carbocycles. The van der Waals surface area contributed by atoms with Gasteiger partial charge in [-0.2, -0.15) is 16.5 Å². The van der Waals surface area contributed by atoms with E-state index < -0.39 is 33.3 Å². The van der Waals surface area contributed by atoms with Crippen LogP contribution >= 0.6 is 11.8 Å². The van der Waals surface area contributed by atoms with Gasteiger partial charge in [0.1, 0.15) is 5.54 Å². The number of carboxylic acid groups (broad SMARTS) is 1. The SMILES string of the molecule is CCOC(=O)CCS(=O)(=O)NC1(C(=O)O)CCSC1. The van der Waals surface area contributed by atoms with Crippen LogP contribution in [0.25, 0.3) is 0 Å². The number of esters is 1. The minimum absolute atomic E-state index is 0.183. The quantitative estimate of drug-likeness (QED) is 0.627. The second kappa shape index (κ2) is 6.58. The molecular weight excluding hydrogens is 294 g/mol. The first-order valence-electron chi connectivity index (χ1n) is 5.80. The molecule has 1 fully saturated rings. The first-order valence-corrected chi connectivity index (χ1v) is 8.60. The number of ether oxygens (including phenoxy) is 1. The molecule has 1 rings (SSSR count). The summed E-state index contributed by atoms with van der Waals surface area (Å²) in [6, 6.07) is 0. The second-order valence-electron chi connectivity index (χ2n) is 4.17. The number of hydrogen-bond acceptors (Lipinski definition) is 6. The van der Waals surface area contributed by atoms with E-state index >= 15 is 0 Å². The molecule has 110 valence electrons. The lowest BCUT2D eigenvalue weighted by molar-refractivity contribution is -0.143. The van der Waals surface area contributed by atoms with E-state index in [1.807, 2.05) is 0 Å². The number of rotatable bonds is 7. The largest absolute Gasteiger partial charge is 0.480 e. The van der Waals surface area contributed by atoms with Gasteiger partial charge in [0, 0.05) is 5.75 Å². The normalized spacial score (nSPS) is 23.2. The number of thioether (sulfide) groups is 1. The van der Waals surface area contributed by atoms with Crippen molar-refractivity contribution in [1.29, 1.82) is 0 Å². The summed E-state index contributed by atoms with van der Waals surface area (Å²) in [6.07, 6.45) is -0.0440. The first kappa shape index (κ1) is 16.3. The Labute approximate surface area is 116 Å². The fourth-order valence-electron chi connectivity index (χ4n) is 1.66. The van der Waals surface area contributed by atoms with Gasteiger partial charge in [-0.05, 0) is 19.1 Å². The molecule has 1 unspecified atom stereocenters. The van der Waals surface area contributed by atoms with Gasteiger partial charge in [0.2, 0.25) is 10.0 Å². The molecule has 1 heterocycles. The average molecular weight is 311 g/mol. The lowest BCUT2D eigenvalue weighted by atomic mass is 10.0. The molecular formula is C10H17NO6S2. The van der Waals surface area contributed by atoms with Gasteiger partial charge in [-0.25, -0.2) is 8.42 Å². The molecule has 1 aliphatic heterocycles. The Balaban J connectivity index is 2.63. The van der Waals surface area contributed by atoms with Crippen molar-refractivity contribution in [2.24, 2.45) is 0 Å². The van der Waals surface area contributed by atoms with Crippen molar-refractivity contribution < 1.29 is 27.9 Å².